The van der Waals surface area contributed by atoms with Crippen molar-refractivity contribution in [1.29, 1.82) is 0 Å². The Morgan fingerprint density at radius 3 is 2.89 bits per heavy atom. The fraction of sp³-hybridized carbons (Fsp3) is 0.714. The molecule has 18 heavy (non-hydrogen) atoms. The minimum absolute atomic E-state index is 0.332. The number of hydrogen-bond donors (Lipinski definition) is 1. The lowest BCUT2D eigenvalue weighted by atomic mass is 10.1. The third-order valence-corrected chi connectivity index (χ3v) is 3.74. The van der Waals surface area contributed by atoms with Gasteiger partial charge in [-0.15, -0.1) is 0 Å². The van der Waals surface area contributed by atoms with E-state index in [1.807, 2.05) is 14.0 Å². The van der Waals surface area contributed by atoms with Crippen LogP contribution in [0.2, 0.25) is 0 Å². The molecular formula is C14H24N2O2. The Kier molecular flexibility index (Phi) is 4.43. The molecule has 1 aromatic heterocycles. The molecule has 1 fully saturated rings. The number of nitrogens with zero attached hydrogens (tertiary/aromatic N) is 1. The molecule has 0 saturated carbocycles. The first-order valence-corrected chi connectivity index (χ1v) is 6.66. The van der Waals surface area contributed by atoms with Crippen molar-refractivity contribution in [1.82, 2.24) is 10.2 Å². The molecule has 1 aliphatic heterocycles. The molecule has 1 aliphatic rings. The molecule has 2 atom stereocenters. The van der Waals surface area contributed by atoms with Crippen LogP contribution in [0, 0.1) is 6.92 Å². The van der Waals surface area contributed by atoms with Gasteiger partial charge in [-0.1, -0.05) is 0 Å². The van der Waals surface area contributed by atoms with Crippen LogP contribution in [-0.4, -0.2) is 37.7 Å². The van der Waals surface area contributed by atoms with Gasteiger partial charge in [0.15, 0.2) is 0 Å². The zero-order valence-corrected chi connectivity index (χ0v) is 11.8. The van der Waals surface area contributed by atoms with E-state index in [1.54, 1.807) is 0 Å². The molecule has 2 heterocycles. The molecule has 4 heteroatoms. The van der Waals surface area contributed by atoms with E-state index >= 15 is 0 Å². The molecule has 0 aromatic carbocycles. The van der Waals surface area contributed by atoms with Crippen molar-refractivity contribution in [2.45, 2.75) is 45.5 Å². The second-order valence-electron chi connectivity index (χ2n) is 5.17. The van der Waals surface area contributed by atoms with Crippen LogP contribution in [0.25, 0.3) is 0 Å². The summed E-state index contributed by atoms with van der Waals surface area (Å²) in [6, 6.07) is 2.68. The summed E-state index contributed by atoms with van der Waals surface area (Å²) in [5.41, 5.74) is 1.28. The quantitative estimate of drug-likeness (QED) is 0.869. The van der Waals surface area contributed by atoms with Gasteiger partial charge < -0.3 is 14.5 Å². The molecular weight excluding hydrogens is 228 g/mol. The lowest BCUT2D eigenvalue weighted by Crippen LogP contribution is -2.36. The van der Waals surface area contributed by atoms with Gasteiger partial charge in [0.25, 0.3) is 0 Å². The van der Waals surface area contributed by atoms with Gasteiger partial charge in [-0.3, -0.25) is 4.90 Å². The van der Waals surface area contributed by atoms with E-state index < -0.39 is 0 Å². The Morgan fingerprint density at radius 1 is 1.50 bits per heavy atom. The van der Waals surface area contributed by atoms with E-state index in [2.05, 4.69) is 30.3 Å². The Bertz CT molecular complexity index is 389. The Morgan fingerprint density at radius 2 is 2.28 bits per heavy atom. The van der Waals surface area contributed by atoms with Gasteiger partial charge in [-0.2, -0.15) is 0 Å². The first-order chi connectivity index (χ1) is 8.61. The molecule has 102 valence electrons. The summed E-state index contributed by atoms with van der Waals surface area (Å²) in [5.74, 6) is 2.03. The fourth-order valence-electron chi connectivity index (χ4n) is 2.69. The minimum Gasteiger partial charge on any atom is -0.465 e. The zero-order valence-electron chi connectivity index (χ0n) is 11.8. The first-order valence-electron chi connectivity index (χ1n) is 6.66. The van der Waals surface area contributed by atoms with Crippen molar-refractivity contribution in [2.24, 2.45) is 0 Å². The topological polar surface area (TPSA) is 37.6 Å². The number of hydrogen-bond acceptors (Lipinski definition) is 4. The lowest BCUT2D eigenvalue weighted by Gasteiger charge is -2.26. The number of likely N-dealkylation sites (N-methyl/N-ethyl adjacent to an activating group) is 1. The van der Waals surface area contributed by atoms with Gasteiger partial charge in [0, 0.05) is 24.8 Å². The van der Waals surface area contributed by atoms with E-state index in [1.165, 1.54) is 5.56 Å². The summed E-state index contributed by atoms with van der Waals surface area (Å²) in [4.78, 5) is 2.37. The Hall–Kier alpha value is -0.840. The largest absolute Gasteiger partial charge is 0.465 e. The maximum absolute atomic E-state index is 5.72. The molecule has 1 aromatic rings. The van der Waals surface area contributed by atoms with Crippen LogP contribution in [0.4, 0.5) is 0 Å². The van der Waals surface area contributed by atoms with Crippen LogP contribution in [0.5, 0.6) is 0 Å². The van der Waals surface area contributed by atoms with Gasteiger partial charge in [-0.05, 0) is 40.4 Å². The summed E-state index contributed by atoms with van der Waals surface area (Å²) in [6.07, 6.45) is 1.46. The molecule has 1 saturated heterocycles. The molecule has 2 rings (SSSR count). The number of aryl methyl sites for hydroxylation is 1. The second kappa shape index (κ2) is 5.87. The lowest BCUT2D eigenvalue weighted by molar-refractivity contribution is 0.0813. The molecule has 0 amide bonds. The van der Waals surface area contributed by atoms with Gasteiger partial charge in [0.2, 0.25) is 0 Å². The smallest absolute Gasteiger partial charge is 0.118 e. The predicted octanol–water partition coefficient (Wildman–Crippen LogP) is 1.92. The van der Waals surface area contributed by atoms with Crippen molar-refractivity contribution in [2.75, 3.05) is 20.7 Å². The average molecular weight is 252 g/mol. The van der Waals surface area contributed by atoms with Crippen LogP contribution in [0.3, 0.4) is 0 Å². The van der Waals surface area contributed by atoms with Crippen molar-refractivity contribution in [3.05, 3.63) is 23.2 Å². The number of ether oxygens (including phenoxy) is 1. The monoisotopic (exact) mass is 252 g/mol. The van der Waals surface area contributed by atoms with Crippen molar-refractivity contribution < 1.29 is 9.15 Å². The SMILES string of the molecule is CNCc1cc(CN(C)C2CCOC2C)c(C)o1. The Labute approximate surface area is 109 Å². The van der Waals surface area contributed by atoms with E-state index in [9.17, 15) is 0 Å². The van der Waals surface area contributed by atoms with Gasteiger partial charge in [-0.25, -0.2) is 0 Å². The summed E-state index contributed by atoms with van der Waals surface area (Å²) in [6.45, 7) is 6.79. The number of nitrogens with one attached hydrogen (secondary N) is 1. The van der Waals surface area contributed by atoms with Crippen LogP contribution in [-0.2, 0) is 17.8 Å². The van der Waals surface area contributed by atoms with Crippen LogP contribution >= 0.6 is 0 Å². The van der Waals surface area contributed by atoms with Gasteiger partial charge >= 0.3 is 0 Å². The van der Waals surface area contributed by atoms with Crippen LogP contribution in [0.1, 0.15) is 30.4 Å². The number of rotatable bonds is 5. The highest BCUT2D eigenvalue weighted by Crippen LogP contribution is 2.22. The van der Waals surface area contributed by atoms with Crippen molar-refractivity contribution in [3.8, 4) is 0 Å². The van der Waals surface area contributed by atoms with Gasteiger partial charge in [0.1, 0.15) is 11.5 Å². The molecule has 0 radical (unpaired) electrons. The van der Waals surface area contributed by atoms with E-state index in [0.29, 0.717) is 12.1 Å². The highest BCUT2D eigenvalue weighted by atomic mass is 16.5. The molecule has 0 bridgehead atoms. The fourth-order valence-corrected chi connectivity index (χ4v) is 2.69. The van der Waals surface area contributed by atoms with E-state index in [0.717, 1.165) is 37.6 Å². The Balaban J connectivity index is 1.99. The molecule has 0 aliphatic carbocycles. The number of furan rings is 1. The summed E-state index contributed by atoms with van der Waals surface area (Å²) >= 11 is 0. The first kappa shape index (κ1) is 13.6. The van der Waals surface area contributed by atoms with E-state index in [-0.39, 0.29) is 0 Å². The molecule has 2 unspecified atom stereocenters. The highest BCUT2D eigenvalue weighted by molar-refractivity contribution is 5.20. The third kappa shape index (κ3) is 2.94. The summed E-state index contributed by atoms with van der Waals surface area (Å²) < 4.78 is 11.3. The van der Waals surface area contributed by atoms with Crippen molar-refractivity contribution >= 4 is 0 Å². The summed E-state index contributed by atoms with van der Waals surface area (Å²) in [5, 5.41) is 3.11. The molecule has 1 N–H and O–H groups in total. The molecule has 0 spiro atoms. The third-order valence-electron chi connectivity index (χ3n) is 3.74. The van der Waals surface area contributed by atoms with E-state index in [4.69, 9.17) is 9.15 Å². The van der Waals surface area contributed by atoms with Gasteiger partial charge in [0.05, 0.1) is 12.6 Å². The maximum atomic E-state index is 5.72. The molecule has 4 nitrogen and oxygen atoms in total. The van der Waals surface area contributed by atoms with Crippen LogP contribution < -0.4 is 5.32 Å². The summed E-state index contributed by atoms with van der Waals surface area (Å²) in [7, 11) is 4.10. The standard InChI is InChI=1S/C14H24N2O2/c1-10-12(7-13(18-10)8-15-3)9-16(4)14-5-6-17-11(14)2/h7,11,14-15H,5-6,8-9H2,1-4H3. The van der Waals surface area contributed by atoms with Crippen molar-refractivity contribution in [3.63, 3.8) is 0 Å². The highest BCUT2D eigenvalue weighted by Gasteiger charge is 2.28. The normalized spacial score (nSPS) is 24.1. The maximum Gasteiger partial charge on any atom is 0.118 e. The average Bonchev–Trinajstić information content (AvgIpc) is 2.87. The minimum atomic E-state index is 0.332. The zero-order chi connectivity index (χ0) is 13.1. The van der Waals surface area contributed by atoms with Crippen LogP contribution in [0.15, 0.2) is 10.5 Å². The second-order valence-corrected chi connectivity index (χ2v) is 5.17. The predicted molar refractivity (Wildman–Crippen MR) is 71.5 cm³/mol.